The molecule has 0 heterocycles. The first-order chi connectivity index (χ1) is 12.3. The summed E-state index contributed by atoms with van der Waals surface area (Å²) in [5.41, 5.74) is 0. The van der Waals surface area contributed by atoms with Crippen LogP contribution in [-0.2, 0) is 20.5 Å². The second-order valence-corrected chi connectivity index (χ2v) is 9.98. The summed E-state index contributed by atoms with van der Waals surface area (Å²) in [6, 6.07) is -2.19. The predicted octanol–water partition coefficient (Wildman–Crippen LogP) is 5.29. The van der Waals surface area contributed by atoms with Crippen LogP contribution in [0.25, 0.3) is 0 Å². The molecule has 1 N–H and O–H groups in total. The molecule has 0 amide bonds. The van der Waals surface area contributed by atoms with Crippen molar-refractivity contribution in [1.29, 1.82) is 0 Å². The summed E-state index contributed by atoms with van der Waals surface area (Å²) in [6.45, 7) is 10.3. The summed E-state index contributed by atoms with van der Waals surface area (Å²) in [5.74, 6) is -2.28. The van der Waals surface area contributed by atoms with E-state index < -0.39 is 45.9 Å². The second kappa shape index (κ2) is 12.0. The summed E-state index contributed by atoms with van der Waals surface area (Å²) >= 11 is 0. The number of carbonyl (C=O) groups excluding carboxylic acids is 1. The molecule has 0 spiro atoms. The van der Waals surface area contributed by atoms with E-state index in [9.17, 15) is 22.2 Å². The summed E-state index contributed by atoms with van der Waals surface area (Å²) in [7, 11) is -1.95. The molecule has 4 nitrogen and oxygen atoms in total. The van der Waals surface area contributed by atoms with Gasteiger partial charge >= 0.3 is 12.1 Å². The predicted molar refractivity (Wildman–Crippen MR) is 104 cm³/mol. The zero-order valence-electron chi connectivity index (χ0n) is 17.4. The van der Waals surface area contributed by atoms with Gasteiger partial charge in [-0.05, 0) is 40.5 Å². The Morgan fingerprint density at radius 2 is 1.63 bits per heavy atom. The van der Waals surface area contributed by atoms with Crippen LogP contribution in [0.15, 0.2) is 0 Å². The fourth-order valence-electron chi connectivity index (χ4n) is 2.43. The third-order valence-corrected chi connectivity index (χ3v) is 5.94. The number of ether oxygens (including phenoxy) is 1. The van der Waals surface area contributed by atoms with Gasteiger partial charge in [-0.3, -0.25) is 4.79 Å². The topological polar surface area (TPSA) is 55.4 Å². The van der Waals surface area contributed by atoms with Crippen molar-refractivity contribution in [3.63, 3.8) is 0 Å². The summed E-state index contributed by atoms with van der Waals surface area (Å²) in [4.78, 5) is 12.5. The van der Waals surface area contributed by atoms with E-state index in [4.69, 9.17) is 4.74 Å². The third kappa shape index (κ3) is 10.5. The van der Waals surface area contributed by atoms with Crippen molar-refractivity contribution in [2.24, 2.45) is 5.92 Å². The van der Waals surface area contributed by atoms with Crippen molar-refractivity contribution >= 4 is 17.0 Å². The van der Waals surface area contributed by atoms with E-state index in [1.54, 1.807) is 34.6 Å². The quantitative estimate of drug-likeness (QED) is 0.348. The molecule has 0 aliphatic heterocycles. The van der Waals surface area contributed by atoms with E-state index in [1.807, 2.05) is 0 Å². The molecule has 0 bridgehead atoms. The highest BCUT2D eigenvalue weighted by molar-refractivity contribution is 7.84. The molecule has 162 valence electrons. The molecule has 27 heavy (non-hydrogen) atoms. The molecule has 0 saturated heterocycles. The maximum absolute atomic E-state index is 13.7. The Morgan fingerprint density at radius 3 is 2.07 bits per heavy atom. The Balaban J connectivity index is 5.42. The average molecular weight is 416 g/mol. The average Bonchev–Trinajstić information content (AvgIpc) is 2.54. The van der Waals surface area contributed by atoms with Crippen molar-refractivity contribution in [1.82, 2.24) is 4.72 Å². The van der Waals surface area contributed by atoms with Gasteiger partial charge in [-0.25, -0.2) is 8.93 Å². The molecular weight excluding hydrogens is 379 g/mol. The van der Waals surface area contributed by atoms with Gasteiger partial charge in [-0.15, -0.1) is 0 Å². The van der Waals surface area contributed by atoms with Crippen LogP contribution in [0.4, 0.5) is 13.2 Å². The number of unbranched alkanes of at least 4 members (excludes halogenated alkanes) is 4. The maximum Gasteiger partial charge on any atom is 0.405 e. The number of rotatable bonds is 12. The van der Waals surface area contributed by atoms with Crippen LogP contribution in [0, 0.1) is 5.92 Å². The molecule has 0 aliphatic carbocycles. The number of halogens is 3. The first-order valence-electron chi connectivity index (χ1n) is 9.79. The van der Waals surface area contributed by atoms with Crippen LogP contribution >= 0.6 is 0 Å². The highest BCUT2D eigenvalue weighted by Crippen LogP contribution is 2.31. The molecule has 0 radical (unpaired) electrons. The summed E-state index contributed by atoms with van der Waals surface area (Å²) in [6.07, 6.45) is -0.379. The van der Waals surface area contributed by atoms with Crippen molar-refractivity contribution in [2.75, 3.05) is 0 Å². The van der Waals surface area contributed by atoms with Crippen LogP contribution in [0.2, 0.25) is 0 Å². The largest absolute Gasteiger partial charge is 0.462 e. The number of hydrogen-bond donors (Lipinski definition) is 1. The highest BCUT2D eigenvalue weighted by Gasteiger charge is 2.49. The van der Waals surface area contributed by atoms with E-state index in [0.717, 1.165) is 25.7 Å². The van der Waals surface area contributed by atoms with Crippen LogP contribution in [0.5, 0.6) is 0 Å². The minimum atomic E-state index is -4.70. The first-order valence-corrected chi connectivity index (χ1v) is 10.9. The van der Waals surface area contributed by atoms with Crippen molar-refractivity contribution in [3.05, 3.63) is 0 Å². The molecular formula is C19H36F3NO3S. The highest BCUT2D eigenvalue weighted by atomic mass is 32.2. The van der Waals surface area contributed by atoms with Gasteiger partial charge in [0.25, 0.3) is 0 Å². The van der Waals surface area contributed by atoms with Gasteiger partial charge < -0.3 is 4.74 Å². The van der Waals surface area contributed by atoms with Crippen LogP contribution in [-0.4, -0.2) is 33.2 Å². The van der Waals surface area contributed by atoms with Crippen LogP contribution < -0.4 is 4.72 Å². The number of esters is 1. The number of nitrogens with one attached hydrogen (secondary N) is 1. The number of hydrogen-bond acceptors (Lipinski definition) is 3. The Hall–Kier alpha value is -0.630. The van der Waals surface area contributed by atoms with Gasteiger partial charge in [0.15, 0.2) is 0 Å². The molecule has 8 heteroatoms. The Bertz CT molecular complexity index is 464. The fourth-order valence-corrected chi connectivity index (χ4v) is 3.31. The Kier molecular flexibility index (Phi) is 11.8. The Morgan fingerprint density at radius 1 is 1.07 bits per heavy atom. The second-order valence-electron chi connectivity index (χ2n) is 7.98. The minimum absolute atomic E-state index is 0.0531. The van der Waals surface area contributed by atoms with Gasteiger partial charge in [0.2, 0.25) is 0 Å². The number of carbonyl (C=O) groups is 1. The van der Waals surface area contributed by atoms with E-state index in [0.29, 0.717) is 12.8 Å². The zero-order valence-corrected chi connectivity index (χ0v) is 18.3. The molecule has 0 rings (SSSR count). The molecule has 1 unspecified atom stereocenters. The van der Waals surface area contributed by atoms with Gasteiger partial charge in [0.1, 0.15) is 6.04 Å². The number of alkyl halides is 3. The molecule has 0 aromatic carbocycles. The standard InChI is InChI=1S/C19H36F3NO3S/c1-7-9-10-11-12-13-15(17(24)26-14(3)8-2)16(19(20,21)22)23-27(25)18(4,5)6/h14-16,23H,7-13H2,1-6H3/t14?,15-,16-,27-/m1/s1. The van der Waals surface area contributed by atoms with E-state index in [1.165, 1.54) is 0 Å². The first kappa shape index (κ1) is 26.4. The zero-order chi connectivity index (χ0) is 21.3. The lowest BCUT2D eigenvalue weighted by Gasteiger charge is -2.31. The molecule has 0 aromatic heterocycles. The maximum atomic E-state index is 13.7. The molecule has 0 aromatic rings. The summed E-state index contributed by atoms with van der Waals surface area (Å²) < 4.78 is 60.0. The van der Waals surface area contributed by atoms with Crippen molar-refractivity contribution in [2.45, 2.75) is 110 Å². The van der Waals surface area contributed by atoms with Crippen molar-refractivity contribution < 1.29 is 26.9 Å². The lowest BCUT2D eigenvalue weighted by atomic mass is 9.93. The smallest absolute Gasteiger partial charge is 0.405 e. The molecule has 4 atom stereocenters. The van der Waals surface area contributed by atoms with Gasteiger partial charge in [0, 0.05) is 0 Å². The SMILES string of the molecule is CCCCCCC[C@@H](C(=O)OC(C)CC)[C@@H](N[S@](=O)C(C)(C)C)C(F)(F)F. The van der Waals surface area contributed by atoms with Crippen molar-refractivity contribution in [3.8, 4) is 0 Å². The lowest BCUT2D eigenvalue weighted by Crippen LogP contribution is -2.54. The monoisotopic (exact) mass is 415 g/mol. The van der Waals surface area contributed by atoms with Crippen LogP contribution in [0.1, 0.15) is 86.5 Å². The van der Waals surface area contributed by atoms with Crippen LogP contribution in [0.3, 0.4) is 0 Å². The van der Waals surface area contributed by atoms with E-state index >= 15 is 0 Å². The normalized spacial score (nSPS) is 17.2. The minimum Gasteiger partial charge on any atom is -0.462 e. The van der Waals surface area contributed by atoms with Gasteiger partial charge in [0.05, 0.1) is 27.8 Å². The Labute approximate surface area is 164 Å². The third-order valence-electron chi connectivity index (χ3n) is 4.36. The molecule has 0 saturated carbocycles. The van der Waals surface area contributed by atoms with Gasteiger partial charge in [-0.1, -0.05) is 46.0 Å². The fraction of sp³-hybridized carbons (Fsp3) is 0.947. The molecule has 0 fully saturated rings. The summed E-state index contributed by atoms with van der Waals surface area (Å²) in [5, 5.41) is 0. The lowest BCUT2D eigenvalue weighted by molar-refractivity contribution is -0.182. The molecule has 0 aliphatic rings. The van der Waals surface area contributed by atoms with E-state index in [-0.39, 0.29) is 6.42 Å². The van der Waals surface area contributed by atoms with Gasteiger partial charge in [-0.2, -0.15) is 13.2 Å². The van der Waals surface area contributed by atoms with E-state index in [2.05, 4.69) is 11.6 Å².